The SMILES string of the molecule is C[C@H](CC[C@H](C)C(C)(C)O)[C@H]1CC[C@H]2[C@@H]3CCC4(O)CCCC[C@]4(C)[C@H]3CC[C@]12C. The maximum atomic E-state index is 11.6. The highest BCUT2D eigenvalue weighted by atomic mass is 16.3. The molecule has 0 aliphatic heterocycles. The van der Waals surface area contributed by atoms with E-state index in [0.717, 1.165) is 48.9 Å². The first-order valence-corrected chi connectivity index (χ1v) is 13.4. The molecule has 0 amide bonds. The number of fused-ring (bicyclic) bond motifs is 5. The second kappa shape index (κ2) is 7.75. The van der Waals surface area contributed by atoms with Gasteiger partial charge in [-0.3, -0.25) is 0 Å². The standard InChI is InChI=1S/C28H50O2/c1-19(9-10-20(2)25(3,4)29)22-11-12-23-21-13-18-28(30)16-8-7-15-27(28,6)24(21)14-17-26(22,23)5/h19-24,29-30H,7-18H2,1-6H3/t19-,20+,21+,22-,23+,24+,26-,27-,28?/m1/s1. The van der Waals surface area contributed by atoms with Crippen LogP contribution in [0.15, 0.2) is 0 Å². The minimum Gasteiger partial charge on any atom is -0.390 e. The summed E-state index contributed by atoms with van der Waals surface area (Å²) in [6, 6.07) is 0. The van der Waals surface area contributed by atoms with Crippen molar-refractivity contribution < 1.29 is 10.2 Å². The van der Waals surface area contributed by atoms with Gasteiger partial charge in [-0.05, 0) is 118 Å². The Morgan fingerprint density at radius 3 is 2.27 bits per heavy atom. The monoisotopic (exact) mass is 418 g/mol. The molecule has 0 radical (unpaired) electrons. The molecule has 4 saturated carbocycles. The van der Waals surface area contributed by atoms with E-state index in [9.17, 15) is 10.2 Å². The van der Waals surface area contributed by atoms with Gasteiger partial charge >= 0.3 is 0 Å². The van der Waals surface area contributed by atoms with Gasteiger partial charge in [0.1, 0.15) is 0 Å². The van der Waals surface area contributed by atoms with Crippen LogP contribution in [0.5, 0.6) is 0 Å². The molecule has 0 aromatic heterocycles. The molecule has 4 aliphatic carbocycles. The van der Waals surface area contributed by atoms with Crippen molar-refractivity contribution in [3.8, 4) is 0 Å². The van der Waals surface area contributed by atoms with Gasteiger partial charge in [0.15, 0.2) is 0 Å². The molecule has 0 aromatic rings. The molecular formula is C28H50O2. The maximum Gasteiger partial charge on any atom is 0.0703 e. The van der Waals surface area contributed by atoms with E-state index >= 15 is 0 Å². The van der Waals surface area contributed by atoms with Crippen molar-refractivity contribution >= 4 is 0 Å². The quantitative estimate of drug-likeness (QED) is 0.506. The molecule has 0 spiro atoms. The van der Waals surface area contributed by atoms with Gasteiger partial charge in [-0.15, -0.1) is 0 Å². The molecule has 0 saturated heterocycles. The molecule has 0 heterocycles. The summed E-state index contributed by atoms with van der Waals surface area (Å²) in [4.78, 5) is 0. The van der Waals surface area contributed by atoms with Gasteiger partial charge in [0.05, 0.1) is 11.2 Å². The fraction of sp³-hybridized carbons (Fsp3) is 1.00. The highest BCUT2D eigenvalue weighted by Crippen LogP contribution is 2.69. The third-order valence-electron chi connectivity index (χ3n) is 11.8. The fourth-order valence-corrected chi connectivity index (χ4v) is 9.30. The highest BCUT2D eigenvalue weighted by Gasteiger charge is 2.63. The van der Waals surface area contributed by atoms with Gasteiger partial charge in [0.2, 0.25) is 0 Å². The van der Waals surface area contributed by atoms with Crippen molar-refractivity contribution in [3.05, 3.63) is 0 Å². The van der Waals surface area contributed by atoms with Crippen LogP contribution >= 0.6 is 0 Å². The number of aliphatic hydroxyl groups is 2. The second-order valence-electron chi connectivity index (χ2n) is 13.4. The Bertz CT molecular complexity index is 623. The topological polar surface area (TPSA) is 40.5 Å². The van der Waals surface area contributed by atoms with Crippen molar-refractivity contribution in [1.29, 1.82) is 0 Å². The van der Waals surface area contributed by atoms with Crippen molar-refractivity contribution in [2.75, 3.05) is 0 Å². The summed E-state index contributed by atoms with van der Waals surface area (Å²) in [5, 5.41) is 22.0. The first-order chi connectivity index (χ1) is 13.9. The van der Waals surface area contributed by atoms with E-state index in [1.54, 1.807) is 0 Å². The second-order valence-corrected chi connectivity index (χ2v) is 13.4. The zero-order chi connectivity index (χ0) is 21.9. The first kappa shape index (κ1) is 23.1. The predicted octanol–water partition coefficient (Wildman–Crippen LogP) is 6.97. The zero-order valence-electron chi connectivity index (χ0n) is 20.8. The number of hydrogen-bond donors (Lipinski definition) is 2. The fourth-order valence-electron chi connectivity index (χ4n) is 9.30. The Kier molecular flexibility index (Phi) is 5.97. The highest BCUT2D eigenvalue weighted by molar-refractivity contribution is 5.13. The zero-order valence-corrected chi connectivity index (χ0v) is 20.8. The van der Waals surface area contributed by atoms with E-state index < -0.39 is 5.60 Å². The molecule has 2 heteroatoms. The summed E-state index contributed by atoms with van der Waals surface area (Å²) in [7, 11) is 0. The van der Waals surface area contributed by atoms with E-state index in [-0.39, 0.29) is 11.0 Å². The maximum absolute atomic E-state index is 11.6. The minimum atomic E-state index is -0.561. The lowest BCUT2D eigenvalue weighted by Crippen LogP contribution is -2.61. The van der Waals surface area contributed by atoms with E-state index in [1.165, 1.54) is 57.8 Å². The van der Waals surface area contributed by atoms with Crippen LogP contribution in [0, 0.1) is 46.3 Å². The Hall–Kier alpha value is -0.0800. The molecule has 4 aliphatic rings. The van der Waals surface area contributed by atoms with Gasteiger partial charge in [-0.25, -0.2) is 0 Å². The van der Waals surface area contributed by atoms with Gasteiger partial charge in [-0.2, -0.15) is 0 Å². The van der Waals surface area contributed by atoms with Gasteiger partial charge in [-0.1, -0.05) is 47.0 Å². The lowest BCUT2D eigenvalue weighted by Gasteiger charge is -2.63. The molecule has 30 heavy (non-hydrogen) atoms. The number of rotatable bonds is 5. The van der Waals surface area contributed by atoms with Crippen LogP contribution in [0.3, 0.4) is 0 Å². The normalized spacial score (nSPS) is 48.4. The molecule has 4 rings (SSSR count). The summed E-state index contributed by atoms with van der Waals surface area (Å²) >= 11 is 0. The van der Waals surface area contributed by atoms with E-state index in [4.69, 9.17) is 0 Å². The number of hydrogen-bond acceptors (Lipinski definition) is 2. The van der Waals surface area contributed by atoms with E-state index in [1.807, 2.05) is 13.8 Å². The van der Waals surface area contributed by atoms with Crippen LogP contribution in [0.4, 0.5) is 0 Å². The summed E-state index contributed by atoms with van der Waals surface area (Å²) in [6.45, 7) is 13.8. The molecule has 9 atom stereocenters. The average Bonchev–Trinajstić information content (AvgIpc) is 3.02. The van der Waals surface area contributed by atoms with Gasteiger partial charge in [0, 0.05) is 0 Å². The van der Waals surface area contributed by atoms with Gasteiger partial charge < -0.3 is 10.2 Å². The molecular weight excluding hydrogens is 368 g/mol. The van der Waals surface area contributed by atoms with Crippen molar-refractivity contribution in [2.45, 2.75) is 130 Å². The predicted molar refractivity (Wildman–Crippen MR) is 125 cm³/mol. The third-order valence-corrected chi connectivity index (χ3v) is 11.8. The minimum absolute atomic E-state index is 0.168. The Morgan fingerprint density at radius 1 is 0.867 bits per heavy atom. The summed E-state index contributed by atoms with van der Waals surface area (Å²) in [6.07, 6.45) is 15.1. The van der Waals surface area contributed by atoms with Gasteiger partial charge in [0.25, 0.3) is 0 Å². The summed E-state index contributed by atoms with van der Waals surface area (Å²) in [5.41, 5.74) is -0.271. The van der Waals surface area contributed by atoms with Crippen LogP contribution in [-0.4, -0.2) is 21.4 Å². The Morgan fingerprint density at radius 2 is 1.57 bits per heavy atom. The molecule has 174 valence electrons. The van der Waals surface area contributed by atoms with Crippen LogP contribution in [0.2, 0.25) is 0 Å². The Labute approximate surface area is 186 Å². The van der Waals surface area contributed by atoms with E-state index in [0.29, 0.717) is 11.3 Å². The molecule has 2 N–H and O–H groups in total. The smallest absolute Gasteiger partial charge is 0.0703 e. The molecule has 2 nitrogen and oxygen atoms in total. The van der Waals surface area contributed by atoms with E-state index in [2.05, 4.69) is 27.7 Å². The largest absolute Gasteiger partial charge is 0.390 e. The summed E-state index contributed by atoms with van der Waals surface area (Å²) < 4.78 is 0. The van der Waals surface area contributed by atoms with Crippen LogP contribution in [0.25, 0.3) is 0 Å². The molecule has 4 fully saturated rings. The first-order valence-electron chi connectivity index (χ1n) is 13.4. The molecule has 0 bridgehead atoms. The molecule has 0 aromatic carbocycles. The van der Waals surface area contributed by atoms with Crippen LogP contribution in [0.1, 0.15) is 119 Å². The van der Waals surface area contributed by atoms with Crippen molar-refractivity contribution in [3.63, 3.8) is 0 Å². The molecule has 1 unspecified atom stereocenters. The van der Waals surface area contributed by atoms with Crippen LogP contribution in [-0.2, 0) is 0 Å². The van der Waals surface area contributed by atoms with Crippen molar-refractivity contribution in [1.82, 2.24) is 0 Å². The van der Waals surface area contributed by atoms with Crippen LogP contribution < -0.4 is 0 Å². The Balaban J connectivity index is 1.47. The van der Waals surface area contributed by atoms with Crippen molar-refractivity contribution in [2.24, 2.45) is 46.3 Å². The lowest BCUT2D eigenvalue weighted by molar-refractivity contribution is -0.205. The summed E-state index contributed by atoms with van der Waals surface area (Å²) in [5.74, 6) is 4.43. The lowest BCUT2D eigenvalue weighted by atomic mass is 9.43. The average molecular weight is 419 g/mol. The third kappa shape index (κ3) is 3.51.